The number of nitrogens with zero attached hydrogens (tertiary/aromatic N) is 5. The Bertz CT molecular complexity index is 1080. The lowest BCUT2D eigenvalue weighted by atomic mass is 10.1. The summed E-state index contributed by atoms with van der Waals surface area (Å²) in [4.78, 5) is 21.1. The second-order valence-electron chi connectivity index (χ2n) is 5.84. The molecule has 7 nitrogen and oxygen atoms in total. The number of hydrogen-bond donors (Lipinski definition) is 1. The van der Waals surface area contributed by atoms with Gasteiger partial charge in [0, 0.05) is 30.9 Å². The van der Waals surface area contributed by atoms with Gasteiger partial charge in [0.2, 0.25) is 0 Å². The highest BCUT2D eigenvalue weighted by molar-refractivity contribution is 6.06. The van der Waals surface area contributed by atoms with Crippen molar-refractivity contribution < 1.29 is 4.79 Å². The van der Waals surface area contributed by atoms with Gasteiger partial charge in [-0.1, -0.05) is 12.1 Å². The molecule has 0 atom stereocenters. The number of fused-ring (bicyclic) bond motifs is 1. The number of aryl methyl sites for hydroxylation is 2. The Morgan fingerprint density at radius 2 is 1.92 bits per heavy atom. The van der Waals surface area contributed by atoms with E-state index in [4.69, 9.17) is 0 Å². The van der Waals surface area contributed by atoms with Crippen LogP contribution in [0.2, 0.25) is 0 Å². The fourth-order valence-corrected chi connectivity index (χ4v) is 2.69. The maximum Gasteiger partial charge on any atom is 0.255 e. The van der Waals surface area contributed by atoms with Gasteiger partial charge in [0.25, 0.3) is 5.91 Å². The SMILES string of the molecule is Cn1cnc(-c2cccc(NC(=O)c3ccc4c(c3)ncn4C)c2)n1. The number of imidazole rings is 1. The minimum absolute atomic E-state index is 0.182. The van der Waals surface area contributed by atoms with Crippen LogP contribution in [-0.2, 0) is 14.1 Å². The molecule has 0 aliphatic rings. The lowest BCUT2D eigenvalue weighted by Gasteiger charge is -2.07. The van der Waals surface area contributed by atoms with Gasteiger partial charge in [0.05, 0.1) is 17.4 Å². The standard InChI is InChI=1S/C18H16N6O/c1-23-10-19-15-9-13(6-7-16(15)23)18(25)21-14-5-3-4-12(8-14)17-20-11-24(2)22-17/h3-11H,1-2H3,(H,21,25). The van der Waals surface area contributed by atoms with Crippen LogP contribution >= 0.6 is 0 Å². The maximum absolute atomic E-state index is 12.5. The highest BCUT2D eigenvalue weighted by Crippen LogP contribution is 2.20. The van der Waals surface area contributed by atoms with Crippen molar-refractivity contribution in [3.05, 3.63) is 60.7 Å². The molecule has 0 unspecified atom stereocenters. The molecule has 0 saturated heterocycles. The highest BCUT2D eigenvalue weighted by Gasteiger charge is 2.10. The van der Waals surface area contributed by atoms with E-state index in [2.05, 4.69) is 20.4 Å². The monoisotopic (exact) mass is 332 g/mol. The van der Waals surface area contributed by atoms with Gasteiger partial charge in [-0.15, -0.1) is 0 Å². The van der Waals surface area contributed by atoms with Crippen LogP contribution in [0.5, 0.6) is 0 Å². The normalized spacial score (nSPS) is 11.0. The number of hydrogen-bond acceptors (Lipinski definition) is 4. The molecule has 25 heavy (non-hydrogen) atoms. The molecule has 0 spiro atoms. The molecular weight excluding hydrogens is 316 g/mol. The molecule has 2 heterocycles. The molecule has 0 aliphatic heterocycles. The zero-order chi connectivity index (χ0) is 17.4. The quantitative estimate of drug-likeness (QED) is 0.625. The Labute approximate surface area is 143 Å². The fourth-order valence-electron chi connectivity index (χ4n) is 2.69. The molecule has 0 fully saturated rings. The summed E-state index contributed by atoms with van der Waals surface area (Å²) in [6.07, 6.45) is 3.37. The van der Waals surface area contributed by atoms with E-state index >= 15 is 0 Å². The third-order valence-electron chi connectivity index (χ3n) is 3.97. The van der Waals surface area contributed by atoms with E-state index in [1.54, 1.807) is 29.5 Å². The summed E-state index contributed by atoms with van der Waals surface area (Å²) >= 11 is 0. The summed E-state index contributed by atoms with van der Waals surface area (Å²) < 4.78 is 3.56. The predicted molar refractivity (Wildman–Crippen MR) is 95.1 cm³/mol. The molecular formula is C18H16N6O. The molecule has 2 aromatic heterocycles. The van der Waals surface area contributed by atoms with Gasteiger partial charge in [-0.3, -0.25) is 9.48 Å². The minimum atomic E-state index is -0.182. The summed E-state index contributed by atoms with van der Waals surface area (Å²) in [5.41, 5.74) is 3.88. The molecule has 0 bridgehead atoms. The van der Waals surface area contributed by atoms with Gasteiger partial charge in [-0.25, -0.2) is 9.97 Å². The summed E-state index contributed by atoms with van der Waals surface area (Å²) in [5.74, 6) is 0.437. The summed E-state index contributed by atoms with van der Waals surface area (Å²) in [6.45, 7) is 0. The van der Waals surface area contributed by atoms with Crippen LogP contribution in [-0.4, -0.2) is 30.2 Å². The van der Waals surface area contributed by atoms with Crippen molar-refractivity contribution in [2.45, 2.75) is 0 Å². The topological polar surface area (TPSA) is 77.6 Å². The fraction of sp³-hybridized carbons (Fsp3) is 0.111. The number of carbonyl (C=O) groups is 1. The summed E-state index contributed by atoms with van der Waals surface area (Å²) in [6, 6.07) is 12.9. The lowest BCUT2D eigenvalue weighted by Crippen LogP contribution is -2.11. The summed E-state index contributed by atoms with van der Waals surface area (Å²) in [7, 11) is 3.74. The number of nitrogens with one attached hydrogen (secondary N) is 1. The molecule has 4 rings (SSSR count). The van der Waals surface area contributed by atoms with E-state index in [0.717, 1.165) is 16.6 Å². The van der Waals surface area contributed by atoms with Gasteiger partial charge in [-0.2, -0.15) is 5.10 Å². The zero-order valence-corrected chi connectivity index (χ0v) is 13.8. The van der Waals surface area contributed by atoms with Gasteiger partial charge in [-0.05, 0) is 30.3 Å². The van der Waals surface area contributed by atoms with Crippen molar-refractivity contribution in [2.75, 3.05) is 5.32 Å². The smallest absolute Gasteiger partial charge is 0.255 e. The molecule has 2 aromatic carbocycles. The number of rotatable bonds is 3. The molecule has 1 N–H and O–H groups in total. The molecule has 124 valence electrons. The number of benzene rings is 2. The first kappa shape index (κ1) is 15.1. The van der Waals surface area contributed by atoms with Crippen molar-refractivity contribution in [2.24, 2.45) is 14.1 Å². The molecule has 0 radical (unpaired) electrons. The van der Waals surface area contributed by atoms with E-state index in [0.29, 0.717) is 17.1 Å². The van der Waals surface area contributed by atoms with Crippen molar-refractivity contribution in [3.63, 3.8) is 0 Å². The van der Waals surface area contributed by atoms with Crippen molar-refractivity contribution in [1.82, 2.24) is 24.3 Å². The molecule has 0 aliphatic carbocycles. The minimum Gasteiger partial charge on any atom is -0.334 e. The van der Waals surface area contributed by atoms with Gasteiger partial charge < -0.3 is 9.88 Å². The zero-order valence-electron chi connectivity index (χ0n) is 13.8. The molecule has 4 aromatic rings. The van der Waals surface area contributed by atoms with Crippen LogP contribution in [0.25, 0.3) is 22.4 Å². The lowest BCUT2D eigenvalue weighted by molar-refractivity contribution is 0.102. The maximum atomic E-state index is 12.5. The number of amides is 1. The van der Waals surface area contributed by atoms with E-state index < -0.39 is 0 Å². The Kier molecular flexibility index (Phi) is 3.53. The van der Waals surface area contributed by atoms with E-state index in [-0.39, 0.29) is 5.91 Å². The second-order valence-corrected chi connectivity index (χ2v) is 5.84. The Balaban J connectivity index is 1.59. The average molecular weight is 332 g/mol. The van der Waals surface area contributed by atoms with Crippen LogP contribution in [0.15, 0.2) is 55.1 Å². The van der Waals surface area contributed by atoms with E-state index in [1.165, 1.54) is 0 Å². The van der Waals surface area contributed by atoms with Gasteiger partial charge >= 0.3 is 0 Å². The highest BCUT2D eigenvalue weighted by atomic mass is 16.1. The number of aromatic nitrogens is 5. The van der Waals surface area contributed by atoms with Crippen LogP contribution in [0.4, 0.5) is 5.69 Å². The van der Waals surface area contributed by atoms with Crippen molar-refractivity contribution in [3.8, 4) is 11.4 Å². The third kappa shape index (κ3) is 2.87. The van der Waals surface area contributed by atoms with Crippen LogP contribution < -0.4 is 5.32 Å². The Morgan fingerprint density at radius 3 is 2.72 bits per heavy atom. The van der Waals surface area contributed by atoms with E-state index in [9.17, 15) is 4.79 Å². The first-order chi connectivity index (χ1) is 12.1. The molecule has 0 saturated carbocycles. The van der Waals surface area contributed by atoms with Crippen LogP contribution in [0, 0.1) is 0 Å². The average Bonchev–Trinajstić information content (AvgIpc) is 3.21. The second kappa shape index (κ2) is 5.86. The van der Waals surface area contributed by atoms with Crippen molar-refractivity contribution >= 4 is 22.6 Å². The number of anilines is 1. The third-order valence-corrected chi connectivity index (χ3v) is 3.97. The molecule has 7 heteroatoms. The largest absolute Gasteiger partial charge is 0.334 e. The van der Waals surface area contributed by atoms with Gasteiger partial charge in [0.15, 0.2) is 5.82 Å². The Hall–Kier alpha value is -3.48. The summed E-state index contributed by atoms with van der Waals surface area (Å²) in [5, 5.41) is 7.19. The van der Waals surface area contributed by atoms with E-state index in [1.807, 2.05) is 49.0 Å². The predicted octanol–water partition coefficient (Wildman–Crippen LogP) is 2.62. The van der Waals surface area contributed by atoms with Crippen molar-refractivity contribution in [1.29, 1.82) is 0 Å². The Morgan fingerprint density at radius 1 is 1.04 bits per heavy atom. The molecule has 1 amide bonds. The number of carbonyl (C=O) groups excluding carboxylic acids is 1. The van der Waals surface area contributed by atoms with Crippen LogP contribution in [0.1, 0.15) is 10.4 Å². The van der Waals surface area contributed by atoms with Gasteiger partial charge in [0.1, 0.15) is 6.33 Å². The first-order valence-corrected chi connectivity index (χ1v) is 7.79. The van der Waals surface area contributed by atoms with Crippen LogP contribution in [0.3, 0.4) is 0 Å². The first-order valence-electron chi connectivity index (χ1n) is 7.79.